The predicted molar refractivity (Wildman–Crippen MR) is 59.9 cm³/mol. The van der Waals surface area contributed by atoms with Crippen LogP contribution < -0.4 is 11.0 Å². The van der Waals surface area contributed by atoms with Crippen LogP contribution in [0.5, 0.6) is 0 Å². The number of aliphatic hydroxyl groups is 2. The van der Waals surface area contributed by atoms with Crippen molar-refractivity contribution in [2.45, 2.75) is 24.6 Å². The normalized spacial score (nSPS) is 31.6. The molecule has 0 amide bonds. The fraction of sp³-hybridized carbons (Fsp3) is 0.600. The van der Waals surface area contributed by atoms with Gasteiger partial charge in [0.2, 0.25) is 0 Å². The van der Waals surface area contributed by atoms with Crippen molar-refractivity contribution in [3.05, 3.63) is 22.7 Å². The molecule has 0 bridgehead atoms. The van der Waals surface area contributed by atoms with Gasteiger partial charge in [-0.1, -0.05) is 0 Å². The van der Waals surface area contributed by atoms with Gasteiger partial charge in [0.25, 0.3) is 0 Å². The van der Waals surface area contributed by atoms with E-state index in [0.717, 1.165) is 4.57 Å². The second-order valence-electron chi connectivity index (χ2n) is 3.94. The summed E-state index contributed by atoms with van der Waals surface area (Å²) >= 11 is 0. The number of ether oxygens (including phenoxy) is 1. The number of hydrogen-bond acceptors (Lipinski definition) is 6. The summed E-state index contributed by atoms with van der Waals surface area (Å²) < 4.78 is 19.8. The summed E-state index contributed by atoms with van der Waals surface area (Å²) in [7, 11) is 1.60. The molecule has 1 aliphatic rings. The molecule has 0 saturated carbocycles. The van der Waals surface area contributed by atoms with Crippen LogP contribution in [0.1, 0.15) is 6.23 Å². The third kappa shape index (κ3) is 2.09. The maximum atomic E-state index is 13.8. The standard InChI is InChI=1S/C10H14FN3O4/c1-12-6-2-3-14(10(17)13-6)9-7(11)8(16)5(4-15)18-9/h2-3,5,7-9,15-16H,4H2,1H3,(H,12,13,17)/t5-,7-,8-,9-/m1/s1. The van der Waals surface area contributed by atoms with E-state index in [4.69, 9.17) is 9.84 Å². The van der Waals surface area contributed by atoms with Crippen molar-refractivity contribution in [3.63, 3.8) is 0 Å². The molecule has 1 aromatic rings. The third-order valence-corrected chi connectivity index (χ3v) is 2.83. The summed E-state index contributed by atoms with van der Waals surface area (Å²) in [4.78, 5) is 15.3. The van der Waals surface area contributed by atoms with Gasteiger partial charge in [0.15, 0.2) is 12.4 Å². The van der Waals surface area contributed by atoms with Gasteiger partial charge in [-0.2, -0.15) is 4.98 Å². The summed E-state index contributed by atoms with van der Waals surface area (Å²) in [6, 6.07) is 1.48. The summed E-state index contributed by atoms with van der Waals surface area (Å²) in [5.41, 5.74) is -0.694. The minimum Gasteiger partial charge on any atom is -0.394 e. The monoisotopic (exact) mass is 259 g/mol. The highest BCUT2D eigenvalue weighted by Gasteiger charge is 2.45. The summed E-state index contributed by atoms with van der Waals surface area (Å²) in [5, 5.41) is 21.1. The van der Waals surface area contributed by atoms with Crippen LogP contribution >= 0.6 is 0 Å². The SMILES string of the molecule is CNc1ccn([C@@H]2O[C@H](CO)[C@@H](O)[C@H]2F)c(=O)n1. The van der Waals surface area contributed by atoms with Crippen LogP contribution in [0.3, 0.4) is 0 Å². The number of aliphatic hydroxyl groups excluding tert-OH is 2. The van der Waals surface area contributed by atoms with Gasteiger partial charge in [-0.3, -0.25) is 4.57 Å². The van der Waals surface area contributed by atoms with Crippen LogP contribution in [0, 0.1) is 0 Å². The molecular formula is C10H14FN3O4. The molecule has 1 saturated heterocycles. The summed E-state index contributed by atoms with van der Waals surface area (Å²) in [6.45, 7) is -0.519. The molecule has 1 fully saturated rings. The zero-order valence-corrected chi connectivity index (χ0v) is 9.65. The summed E-state index contributed by atoms with van der Waals surface area (Å²) in [5.74, 6) is 0.351. The first-order valence-corrected chi connectivity index (χ1v) is 5.44. The number of nitrogens with one attached hydrogen (secondary N) is 1. The minimum atomic E-state index is -1.79. The van der Waals surface area contributed by atoms with Crippen molar-refractivity contribution in [1.29, 1.82) is 0 Å². The lowest BCUT2D eigenvalue weighted by Crippen LogP contribution is -2.33. The third-order valence-electron chi connectivity index (χ3n) is 2.83. The topological polar surface area (TPSA) is 96.6 Å². The highest BCUT2D eigenvalue weighted by molar-refractivity contribution is 5.30. The Morgan fingerprint density at radius 3 is 2.89 bits per heavy atom. The Hall–Kier alpha value is -1.51. The average molecular weight is 259 g/mol. The van der Waals surface area contributed by atoms with Gasteiger partial charge in [0.1, 0.15) is 18.0 Å². The number of rotatable bonds is 3. The number of aromatic nitrogens is 2. The van der Waals surface area contributed by atoms with Crippen LogP contribution in [-0.4, -0.2) is 51.8 Å². The fourth-order valence-electron chi connectivity index (χ4n) is 1.82. The smallest absolute Gasteiger partial charge is 0.351 e. The molecule has 4 atom stereocenters. The Morgan fingerprint density at radius 1 is 1.67 bits per heavy atom. The molecule has 0 radical (unpaired) electrons. The molecule has 0 aromatic carbocycles. The van der Waals surface area contributed by atoms with Crippen molar-refractivity contribution in [1.82, 2.24) is 9.55 Å². The number of nitrogens with zero attached hydrogens (tertiary/aromatic N) is 2. The predicted octanol–water partition coefficient (Wildman–Crippen LogP) is -1.13. The fourth-order valence-corrected chi connectivity index (χ4v) is 1.82. The molecule has 18 heavy (non-hydrogen) atoms. The lowest BCUT2D eigenvalue weighted by Gasteiger charge is -2.15. The van der Waals surface area contributed by atoms with Gasteiger partial charge in [-0.15, -0.1) is 0 Å². The molecule has 0 unspecified atom stereocenters. The van der Waals surface area contributed by atoms with Gasteiger partial charge in [0.05, 0.1) is 6.61 Å². The first kappa shape index (κ1) is 12.9. The Bertz CT molecular complexity index is 480. The lowest BCUT2D eigenvalue weighted by atomic mass is 10.1. The molecule has 0 aliphatic carbocycles. The van der Waals surface area contributed by atoms with Crippen LogP contribution in [0.25, 0.3) is 0 Å². The van der Waals surface area contributed by atoms with E-state index in [1.807, 2.05) is 0 Å². The van der Waals surface area contributed by atoms with E-state index < -0.39 is 36.9 Å². The highest BCUT2D eigenvalue weighted by Crippen LogP contribution is 2.30. The van der Waals surface area contributed by atoms with Gasteiger partial charge < -0.3 is 20.3 Å². The minimum absolute atomic E-state index is 0.351. The Balaban J connectivity index is 2.30. The molecule has 2 heterocycles. The van der Waals surface area contributed by atoms with E-state index in [2.05, 4.69) is 10.3 Å². The maximum absolute atomic E-state index is 13.8. The van der Waals surface area contributed by atoms with Gasteiger partial charge in [-0.05, 0) is 6.07 Å². The quantitative estimate of drug-likeness (QED) is 0.636. The first-order valence-electron chi connectivity index (χ1n) is 5.44. The van der Waals surface area contributed by atoms with Gasteiger partial charge >= 0.3 is 5.69 Å². The van der Waals surface area contributed by atoms with E-state index >= 15 is 0 Å². The molecule has 8 heteroatoms. The molecule has 2 rings (SSSR count). The number of anilines is 1. The number of halogens is 1. The Labute approximate surface area is 102 Å². The van der Waals surface area contributed by atoms with Crippen molar-refractivity contribution in [2.75, 3.05) is 19.0 Å². The second-order valence-corrected chi connectivity index (χ2v) is 3.94. The molecule has 0 spiro atoms. The van der Waals surface area contributed by atoms with Crippen LogP contribution in [0.2, 0.25) is 0 Å². The van der Waals surface area contributed by atoms with Gasteiger partial charge in [0, 0.05) is 13.2 Å². The van der Waals surface area contributed by atoms with E-state index in [1.165, 1.54) is 12.3 Å². The maximum Gasteiger partial charge on any atom is 0.351 e. The van der Waals surface area contributed by atoms with E-state index in [9.17, 15) is 14.3 Å². The van der Waals surface area contributed by atoms with Crippen molar-refractivity contribution in [3.8, 4) is 0 Å². The highest BCUT2D eigenvalue weighted by atomic mass is 19.1. The van der Waals surface area contributed by atoms with Crippen molar-refractivity contribution < 1.29 is 19.3 Å². The Kier molecular flexibility index (Phi) is 3.60. The van der Waals surface area contributed by atoms with Crippen molar-refractivity contribution in [2.24, 2.45) is 0 Å². The number of alkyl halides is 1. The largest absolute Gasteiger partial charge is 0.394 e. The van der Waals surface area contributed by atoms with Gasteiger partial charge in [-0.25, -0.2) is 9.18 Å². The Morgan fingerprint density at radius 2 is 2.39 bits per heavy atom. The molecule has 100 valence electrons. The zero-order valence-electron chi connectivity index (χ0n) is 9.65. The molecular weight excluding hydrogens is 245 g/mol. The molecule has 1 aliphatic heterocycles. The molecule has 1 aromatic heterocycles. The average Bonchev–Trinajstić information content (AvgIpc) is 2.66. The molecule has 3 N–H and O–H groups in total. The van der Waals surface area contributed by atoms with E-state index in [0.29, 0.717) is 5.82 Å². The van der Waals surface area contributed by atoms with Crippen molar-refractivity contribution >= 4 is 5.82 Å². The second kappa shape index (κ2) is 5.01. The number of hydrogen-bond donors (Lipinski definition) is 3. The zero-order chi connectivity index (χ0) is 13.3. The molecule has 7 nitrogen and oxygen atoms in total. The van der Waals surface area contributed by atoms with E-state index in [1.54, 1.807) is 7.05 Å². The van der Waals surface area contributed by atoms with E-state index in [-0.39, 0.29) is 0 Å². The summed E-state index contributed by atoms with van der Waals surface area (Å²) in [6.07, 6.45) is -4.24. The van der Waals surface area contributed by atoms with Crippen LogP contribution in [0.4, 0.5) is 10.2 Å². The van der Waals surface area contributed by atoms with Crippen LogP contribution in [-0.2, 0) is 4.74 Å². The first-order chi connectivity index (χ1) is 8.58. The lowest BCUT2D eigenvalue weighted by molar-refractivity contribution is -0.0490. The van der Waals surface area contributed by atoms with Crippen LogP contribution in [0.15, 0.2) is 17.1 Å².